The molecule has 0 nitrogen and oxygen atoms in total. The molecule has 0 radical (unpaired) electrons. The van der Waals surface area contributed by atoms with Crippen LogP contribution in [0.4, 0.5) is 0 Å². The molecule has 0 aromatic heterocycles. The summed E-state index contributed by atoms with van der Waals surface area (Å²) in [6.45, 7) is 0. The summed E-state index contributed by atoms with van der Waals surface area (Å²) in [5.74, 6) is 0. The van der Waals surface area contributed by atoms with Gasteiger partial charge in [0.05, 0.1) is 0 Å². The first-order chi connectivity index (χ1) is 6.84. The second-order valence-electron chi connectivity index (χ2n) is 2.87. The van der Waals surface area contributed by atoms with Gasteiger partial charge in [-0.15, -0.1) is 0 Å². The average molecular weight is 265 g/mol. The van der Waals surface area contributed by atoms with Gasteiger partial charge in [-0.3, -0.25) is 0 Å². The lowest BCUT2D eigenvalue weighted by molar-refractivity contribution is 1.39. The molecule has 0 bridgehead atoms. The molecule has 2 aromatic rings. The molecule has 0 fully saturated rings. The number of benzene rings is 2. The van der Waals surface area contributed by atoms with Crippen LogP contribution in [0.1, 0.15) is 0 Å². The van der Waals surface area contributed by atoms with E-state index in [9.17, 15) is 0 Å². The highest BCUT2D eigenvalue weighted by Gasteiger charge is 1.96. The third-order valence-corrected chi connectivity index (χ3v) is 3.27. The monoisotopic (exact) mass is 264 g/mol. The summed E-state index contributed by atoms with van der Waals surface area (Å²) in [7, 11) is 0. The van der Waals surface area contributed by atoms with Crippen LogP contribution in [-0.4, -0.2) is 0 Å². The van der Waals surface area contributed by atoms with Gasteiger partial charge in [0.1, 0.15) is 0 Å². The molecule has 0 aliphatic heterocycles. The van der Waals surface area contributed by atoms with Crippen LogP contribution in [0.2, 0.25) is 0 Å². The SMILES string of the molecule is Brc1cccc(Sc2ccccc2)c1. The highest BCUT2D eigenvalue weighted by atomic mass is 79.9. The Morgan fingerprint density at radius 1 is 0.786 bits per heavy atom. The Bertz CT molecular complexity index is 412. The Morgan fingerprint density at radius 3 is 2.21 bits per heavy atom. The van der Waals surface area contributed by atoms with E-state index < -0.39 is 0 Å². The lowest BCUT2D eigenvalue weighted by Gasteiger charge is -2.01. The Balaban J connectivity index is 2.19. The first kappa shape index (κ1) is 9.81. The third kappa shape index (κ3) is 2.63. The molecule has 0 heterocycles. The molecule has 0 spiro atoms. The van der Waals surface area contributed by atoms with Gasteiger partial charge in [-0.2, -0.15) is 0 Å². The van der Waals surface area contributed by atoms with Crippen molar-refractivity contribution in [1.82, 2.24) is 0 Å². The van der Waals surface area contributed by atoms with Crippen LogP contribution >= 0.6 is 27.7 Å². The van der Waals surface area contributed by atoms with Crippen LogP contribution in [0.25, 0.3) is 0 Å². The van der Waals surface area contributed by atoms with Crippen LogP contribution in [0.5, 0.6) is 0 Å². The van der Waals surface area contributed by atoms with Crippen molar-refractivity contribution < 1.29 is 0 Å². The van der Waals surface area contributed by atoms with Crippen molar-refractivity contribution in [3.8, 4) is 0 Å². The maximum atomic E-state index is 3.46. The molecule has 14 heavy (non-hydrogen) atoms. The molecular formula is C12H9BrS. The third-order valence-electron chi connectivity index (χ3n) is 1.77. The predicted octanol–water partition coefficient (Wildman–Crippen LogP) is 4.60. The Labute approximate surface area is 96.5 Å². The summed E-state index contributed by atoms with van der Waals surface area (Å²) in [4.78, 5) is 2.52. The molecule has 0 saturated carbocycles. The zero-order valence-electron chi connectivity index (χ0n) is 7.48. The van der Waals surface area contributed by atoms with E-state index in [4.69, 9.17) is 0 Å². The Kier molecular flexibility index (Phi) is 3.27. The van der Waals surface area contributed by atoms with Crippen molar-refractivity contribution in [2.45, 2.75) is 9.79 Å². The number of hydrogen-bond donors (Lipinski definition) is 0. The molecule has 2 rings (SSSR count). The second kappa shape index (κ2) is 4.67. The van der Waals surface area contributed by atoms with Gasteiger partial charge in [-0.25, -0.2) is 0 Å². The van der Waals surface area contributed by atoms with E-state index in [0.717, 1.165) is 4.47 Å². The molecule has 0 aliphatic rings. The maximum Gasteiger partial charge on any atom is 0.0186 e. The van der Waals surface area contributed by atoms with Crippen molar-refractivity contribution in [1.29, 1.82) is 0 Å². The highest BCUT2D eigenvalue weighted by Crippen LogP contribution is 2.28. The van der Waals surface area contributed by atoms with Gasteiger partial charge in [0, 0.05) is 14.3 Å². The first-order valence-electron chi connectivity index (χ1n) is 4.33. The van der Waals surface area contributed by atoms with E-state index in [1.165, 1.54) is 9.79 Å². The topological polar surface area (TPSA) is 0 Å². The van der Waals surface area contributed by atoms with Crippen LogP contribution in [0.3, 0.4) is 0 Å². The molecule has 2 aromatic carbocycles. The fourth-order valence-corrected chi connectivity index (χ4v) is 2.60. The molecule has 0 aliphatic carbocycles. The van der Waals surface area contributed by atoms with E-state index in [1.54, 1.807) is 11.8 Å². The van der Waals surface area contributed by atoms with Crippen molar-refractivity contribution in [2.75, 3.05) is 0 Å². The largest absolute Gasteiger partial charge is 0.0901 e. The standard InChI is InChI=1S/C12H9BrS/c13-10-5-4-8-12(9-10)14-11-6-2-1-3-7-11/h1-9H. The molecule has 0 amide bonds. The van der Waals surface area contributed by atoms with E-state index >= 15 is 0 Å². The van der Waals surface area contributed by atoms with Crippen molar-refractivity contribution in [2.24, 2.45) is 0 Å². The summed E-state index contributed by atoms with van der Waals surface area (Å²) in [6.07, 6.45) is 0. The summed E-state index contributed by atoms with van der Waals surface area (Å²) in [5, 5.41) is 0. The smallest absolute Gasteiger partial charge is 0.0186 e. The molecular weight excluding hydrogens is 256 g/mol. The van der Waals surface area contributed by atoms with Crippen LogP contribution in [0, 0.1) is 0 Å². The lowest BCUT2D eigenvalue weighted by atomic mass is 10.4. The van der Waals surface area contributed by atoms with Gasteiger partial charge in [-0.1, -0.05) is 52.0 Å². The zero-order chi connectivity index (χ0) is 9.80. The van der Waals surface area contributed by atoms with Gasteiger partial charge in [0.2, 0.25) is 0 Å². The summed E-state index contributed by atoms with van der Waals surface area (Å²) in [6, 6.07) is 18.7. The van der Waals surface area contributed by atoms with E-state index in [1.807, 2.05) is 12.1 Å². The first-order valence-corrected chi connectivity index (χ1v) is 5.94. The van der Waals surface area contributed by atoms with Gasteiger partial charge in [0.15, 0.2) is 0 Å². The van der Waals surface area contributed by atoms with Crippen molar-refractivity contribution >= 4 is 27.7 Å². The van der Waals surface area contributed by atoms with Crippen LogP contribution < -0.4 is 0 Å². The summed E-state index contributed by atoms with van der Waals surface area (Å²) < 4.78 is 1.12. The van der Waals surface area contributed by atoms with Crippen LogP contribution in [0.15, 0.2) is 68.9 Å². The minimum Gasteiger partial charge on any atom is -0.0901 e. The molecule has 70 valence electrons. The Morgan fingerprint density at radius 2 is 1.50 bits per heavy atom. The van der Waals surface area contributed by atoms with Crippen molar-refractivity contribution in [3.63, 3.8) is 0 Å². The number of halogens is 1. The number of rotatable bonds is 2. The minimum absolute atomic E-state index is 1.12. The van der Waals surface area contributed by atoms with Gasteiger partial charge in [0.25, 0.3) is 0 Å². The molecule has 0 saturated heterocycles. The molecule has 0 atom stereocenters. The lowest BCUT2D eigenvalue weighted by Crippen LogP contribution is -1.72. The van der Waals surface area contributed by atoms with Crippen molar-refractivity contribution in [3.05, 3.63) is 59.1 Å². The second-order valence-corrected chi connectivity index (χ2v) is 4.94. The molecule has 0 unspecified atom stereocenters. The van der Waals surface area contributed by atoms with E-state index in [-0.39, 0.29) is 0 Å². The number of hydrogen-bond acceptors (Lipinski definition) is 1. The predicted molar refractivity (Wildman–Crippen MR) is 64.7 cm³/mol. The fraction of sp³-hybridized carbons (Fsp3) is 0. The molecule has 0 N–H and O–H groups in total. The summed E-state index contributed by atoms with van der Waals surface area (Å²) >= 11 is 5.23. The van der Waals surface area contributed by atoms with Gasteiger partial charge in [-0.05, 0) is 30.3 Å². The highest BCUT2D eigenvalue weighted by molar-refractivity contribution is 9.10. The minimum atomic E-state index is 1.12. The quantitative estimate of drug-likeness (QED) is 0.764. The maximum absolute atomic E-state index is 3.46. The normalized spacial score (nSPS) is 10.1. The van der Waals surface area contributed by atoms with Crippen LogP contribution in [-0.2, 0) is 0 Å². The van der Waals surface area contributed by atoms with E-state index in [0.29, 0.717) is 0 Å². The average Bonchev–Trinajstić information content (AvgIpc) is 2.19. The van der Waals surface area contributed by atoms with E-state index in [2.05, 4.69) is 58.4 Å². The summed E-state index contributed by atoms with van der Waals surface area (Å²) in [5.41, 5.74) is 0. The fourth-order valence-electron chi connectivity index (χ4n) is 1.16. The Hall–Kier alpha value is -0.730. The van der Waals surface area contributed by atoms with Gasteiger partial charge >= 0.3 is 0 Å². The zero-order valence-corrected chi connectivity index (χ0v) is 9.88. The van der Waals surface area contributed by atoms with Gasteiger partial charge < -0.3 is 0 Å². The molecule has 2 heteroatoms.